The van der Waals surface area contributed by atoms with E-state index in [-0.39, 0.29) is 23.4 Å². The number of amides is 1. The molecule has 0 radical (unpaired) electrons. The summed E-state index contributed by atoms with van der Waals surface area (Å²) in [4.78, 5) is 36.4. The van der Waals surface area contributed by atoms with Gasteiger partial charge in [0.15, 0.2) is 0 Å². The van der Waals surface area contributed by atoms with Gasteiger partial charge in [-0.1, -0.05) is 11.8 Å². The van der Waals surface area contributed by atoms with Gasteiger partial charge < -0.3 is 15.1 Å². The van der Waals surface area contributed by atoms with Crippen LogP contribution in [0.1, 0.15) is 11.6 Å². The van der Waals surface area contributed by atoms with E-state index in [1.54, 1.807) is 6.92 Å². The van der Waals surface area contributed by atoms with Gasteiger partial charge in [0.25, 0.3) is 10.8 Å². The quantitative estimate of drug-likeness (QED) is 0.665. The van der Waals surface area contributed by atoms with Gasteiger partial charge in [-0.15, -0.1) is 10.2 Å². The molecule has 0 unspecified atom stereocenters. The van der Waals surface area contributed by atoms with Crippen molar-refractivity contribution >= 4 is 17.7 Å². The number of hydrogen-bond donors (Lipinski definition) is 2. The fourth-order valence-corrected chi connectivity index (χ4v) is 1.93. The van der Waals surface area contributed by atoms with Crippen molar-refractivity contribution in [2.45, 2.75) is 18.7 Å². The molecule has 0 atom stereocenters. The molecule has 0 saturated heterocycles. The number of nitrogens with one attached hydrogen (secondary N) is 1. The predicted octanol–water partition coefficient (Wildman–Crippen LogP) is -1.15. The van der Waals surface area contributed by atoms with Gasteiger partial charge in [0.05, 0.1) is 5.75 Å². The number of hydrogen-bond acceptors (Lipinski definition) is 7. The number of nitrogens with zero attached hydrogens (tertiary/aromatic N) is 3. The highest BCUT2D eigenvalue weighted by molar-refractivity contribution is 7.99. The summed E-state index contributed by atoms with van der Waals surface area (Å²) in [6.07, 6.45) is 0. The third kappa shape index (κ3) is 3.35. The van der Waals surface area contributed by atoms with Crippen molar-refractivity contribution in [3.05, 3.63) is 38.5 Å². The molecule has 1 amide bonds. The van der Waals surface area contributed by atoms with Crippen LogP contribution in [0.5, 0.6) is 0 Å². The van der Waals surface area contributed by atoms with Crippen LogP contribution >= 0.6 is 11.8 Å². The summed E-state index contributed by atoms with van der Waals surface area (Å²) < 4.78 is 6.13. The molecule has 0 aliphatic carbocycles. The van der Waals surface area contributed by atoms with Gasteiger partial charge in [-0.3, -0.25) is 14.2 Å². The van der Waals surface area contributed by atoms with Gasteiger partial charge in [-0.2, -0.15) is 0 Å². The van der Waals surface area contributed by atoms with E-state index < -0.39 is 17.2 Å². The number of aryl methyl sites for hydroxylation is 1. The Hall–Kier alpha value is -2.36. The Balaban J connectivity index is 2.17. The Bertz CT molecular complexity index is 715. The van der Waals surface area contributed by atoms with Gasteiger partial charge in [0, 0.05) is 11.8 Å². The van der Waals surface area contributed by atoms with E-state index in [2.05, 4.69) is 15.2 Å². The molecule has 9 nitrogen and oxygen atoms in total. The number of H-pyrrole nitrogens is 1. The maximum absolute atomic E-state index is 11.7. The molecule has 0 saturated carbocycles. The van der Waals surface area contributed by atoms with Crippen molar-refractivity contribution in [1.29, 1.82) is 0 Å². The summed E-state index contributed by atoms with van der Waals surface area (Å²) in [7, 11) is 0. The monoisotopic (exact) mass is 297 g/mol. The molecule has 2 rings (SSSR count). The van der Waals surface area contributed by atoms with Crippen LogP contribution in [-0.4, -0.2) is 31.4 Å². The standard InChI is InChI=1S/C10H11N5O4S/c1-5-2-8(17)15(9(18)12-5)3-7-13-14-10(19-7)20-4-6(11)16/h2H,3-4H2,1H3,(H2,11,16)(H,12,18). The Morgan fingerprint density at radius 1 is 1.50 bits per heavy atom. The Kier molecular flexibility index (Phi) is 4.03. The minimum Gasteiger partial charge on any atom is -0.414 e. The summed E-state index contributed by atoms with van der Waals surface area (Å²) in [5.41, 5.74) is 4.44. The van der Waals surface area contributed by atoms with E-state index in [1.807, 2.05) is 0 Å². The van der Waals surface area contributed by atoms with E-state index in [9.17, 15) is 14.4 Å². The lowest BCUT2D eigenvalue weighted by Crippen LogP contribution is -2.35. The van der Waals surface area contributed by atoms with Crippen LogP contribution < -0.4 is 17.0 Å². The Morgan fingerprint density at radius 3 is 2.90 bits per heavy atom. The first-order chi connectivity index (χ1) is 9.45. The lowest BCUT2D eigenvalue weighted by atomic mass is 10.4. The molecule has 3 N–H and O–H groups in total. The average molecular weight is 297 g/mol. The van der Waals surface area contributed by atoms with Crippen molar-refractivity contribution in [3.8, 4) is 0 Å². The number of carbonyl (C=O) groups is 1. The number of nitrogens with two attached hydrogens (primary N) is 1. The molecule has 0 aromatic carbocycles. The summed E-state index contributed by atoms with van der Waals surface area (Å²) in [6, 6.07) is 1.29. The van der Waals surface area contributed by atoms with E-state index in [0.29, 0.717) is 5.69 Å². The van der Waals surface area contributed by atoms with Crippen molar-refractivity contribution in [3.63, 3.8) is 0 Å². The minimum atomic E-state index is -0.556. The number of primary amides is 1. The average Bonchev–Trinajstić information content (AvgIpc) is 2.79. The van der Waals surface area contributed by atoms with Crippen LogP contribution in [0, 0.1) is 6.92 Å². The van der Waals surface area contributed by atoms with Crippen LogP contribution in [0.2, 0.25) is 0 Å². The number of aromatic nitrogens is 4. The maximum atomic E-state index is 11.7. The second-order valence-electron chi connectivity index (χ2n) is 3.90. The van der Waals surface area contributed by atoms with Gasteiger partial charge in [0.1, 0.15) is 6.54 Å². The minimum absolute atomic E-state index is 0.00664. The van der Waals surface area contributed by atoms with Crippen molar-refractivity contribution in [1.82, 2.24) is 19.7 Å². The largest absolute Gasteiger partial charge is 0.414 e. The Morgan fingerprint density at radius 2 is 2.25 bits per heavy atom. The van der Waals surface area contributed by atoms with Gasteiger partial charge in [-0.25, -0.2) is 4.79 Å². The molecule has 0 aliphatic rings. The van der Waals surface area contributed by atoms with Gasteiger partial charge in [0.2, 0.25) is 11.8 Å². The number of carbonyl (C=O) groups excluding carboxylic acids is 1. The van der Waals surface area contributed by atoms with Crippen LogP contribution in [0.4, 0.5) is 0 Å². The van der Waals surface area contributed by atoms with E-state index in [0.717, 1.165) is 16.3 Å². The molecule has 2 aromatic heterocycles. The Labute approximate surface area is 116 Å². The fourth-order valence-electron chi connectivity index (χ4n) is 1.41. The van der Waals surface area contributed by atoms with Crippen LogP contribution in [0.3, 0.4) is 0 Å². The topological polar surface area (TPSA) is 137 Å². The van der Waals surface area contributed by atoms with Crippen molar-refractivity contribution in [2.75, 3.05) is 5.75 Å². The lowest BCUT2D eigenvalue weighted by Gasteiger charge is -2.00. The highest BCUT2D eigenvalue weighted by Crippen LogP contribution is 2.15. The maximum Gasteiger partial charge on any atom is 0.329 e. The molecular weight excluding hydrogens is 286 g/mol. The molecule has 20 heavy (non-hydrogen) atoms. The molecular formula is C10H11N5O4S. The van der Waals surface area contributed by atoms with Crippen LogP contribution in [0.15, 0.2) is 25.3 Å². The number of rotatable bonds is 5. The van der Waals surface area contributed by atoms with E-state index in [1.165, 1.54) is 6.07 Å². The highest BCUT2D eigenvalue weighted by atomic mass is 32.2. The molecule has 2 heterocycles. The number of aromatic amines is 1. The molecule has 0 spiro atoms. The first kappa shape index (κ1) is 14.1. The smallest absolute Gasteiger partial charge is 0.329 e. The van der Waals surface area contributed by atoms with Gasteiger partial charge >= 0.3 is 5.69 Å². The molecule has 0 aliphatic heterocycles. The third-order valence-corrected chi connectivity index (χ3v) is 3.08. The van der Waals surface area contributed by atoms with Crippen LogP contribution in [0.25, 0.3) is 0 Å². The summed E-state index contributed by atoms with van der Waals surface area (Å²) in [5.74, 6) is -0.415. The molecule has 2 aromatic rings. The lowest BCUT2D eigenvalue weighted by molar-refractivity contribution is -0.115. The number of thioether (sulfide) groups is 1. The van der Waals surface area contributed by atoms with Crippen LogP contribution in [-0.2, 0) is 11.3 Å². The van der Waals surface area contributed by atoms with E-state index in [4.69, 9.17) is 10.2 Å². The predicted molar refractivity (Wildman–Crippen MR) is 69.4 cm³/mol. The molecule has 10 heteroatoms. The van der Waals surface area contributed by atoms with Crippen molar-refractivity contribution in [2.24, 2.45) is 5.73 Å². The highest BCUT2D eigenvalue weighted by Gasteiger charge is 2.11. The zero-order valence-electron chi connectivity index (χ0n) is 10.5. The summed E-state index contributed by atoms with van der Waals surface area (Å²) in [6.45, 7) is 1.47. The summed E-state index contributed by atoms with van der Waals surface area (Å²) >= 11 is 0.983. The third-order valence-electron chi connectivity index (χ3n) is 2.23. The second kappa shape index (κ2) is 5.74. The molecule has 106 valence electrons. The van der Waals surface area contributed by atoms with E-state index >= 15 is 0 Å². The molecule has 0 bridgehead atoms. The first-order valence-electron chi connectivity index (χ1n) is 5.50. The SMILES string of the molecule is Cc1cc(=O)n(Cc2nnc(SCC(N)=O)o2)c(=O)[nH]1. The van der Waals surface area contributed by atoms with Gasteiger partial charge in [-0.05, 0) is 6.92 Å². The zero-order chi connectivity index (χ0) is 14.7. The van der Waals surface area contributed by atoms with Crippen molar-refractivity contribution < 1.29 is 9.21 Å². The zero-order valence-corrected chi connectivity index (χ0v) is 11.3. The normalized spacial score (nSPS) is 10.7. The molecule has 0 fully saturated rings. The summed E-state index contributed by atoms with van der Waals surface area (Å²) in [5, 5.41) is 7.51. The fraction of sp³-hybridized carbons (Fsp3) is 0.300. The first-order valence-corrected chi connectivity index (χ1v) is 6.48. The second-order valence-corrected chi connectivity index (χ2v) is 4.83.